The van der Waals surface area contributed by atoms with Crippen molar-refractivity contribution in [2.45, 2.75) is 6.61 Å². The Hall–Kier alpha value is -3.18. The van der Waals surface area contributed by atoms with Crippen LogP contribution in [0.2, 0.25) is 5.02 Å². The van der Waals surface area contributed by atoms with Crippen LogP contribution in [0.5, 0.6) is 0 Å². The minimum absolute atomic E-state index is 0.0215. The lowest BCUT2D eigenvalue weighted by molar-refractivity contribution is -0.385. The van der Waals surface area contributed by atoms with E-state index in [4.69, 9.17) is 16.3 Å². The molecule has 0 saturated carbocycles. The molecule has 0 amide bonds. The van der Waals surface area contributed by atoms with Crippen molar-refractivity contribution in [2.24, 2.45) is 0 Å². The van der Waals surface area contributed by atoms with E-state index in [0.29, 0.717) is 0 Å². The third-order valence-electron chi connectivity index (χ3n) is 3.81. The van der Waals surface area contributed by atoms with Gasteiger partial charge in [-0.2, -0.15) is 0 Å². The first-order valence-electron chi connectivity index (χ1n) is 7.80. The summed E-state index contributed by atoms with van der Waals surface area (Å²) in [6.07, 6.45) is 0. The molecular weight excluding hydrogens is 354 g/mol. The van der Waals surface area contributed by atoms with Gasteiger partial charge in [0.15, 0.2) is 0 Å². The number of nitrogens with zero attached hydrogens (tertiary/aromatic N) is 1. The van der Waals surface area contributed by atoms with E-state index < -0.39 is 10.9 Å². The second kappa shape index (κ2) is 7.80. The summed E-state index contributed by atoms with van der Waals surface area (Å²) in [5, 5.41) is 11.2. The van der Waals surface area contributed by atoms with Gasteiger partial charge in [0.25, 0.3) is 5.69 Å². The van der Waals surface area contributed by atoms with Crippen LogP contribution in [-0.4, -0.2) is 10.9 Å². The number of rotatable bonds is 5. The highest BCUT2D eigenvalue weighted by molar-refractivity contribution is 6.31. The standard InChI is InChI=1S/C20H14ClNO4/c21-17-10-11-18(19(12-17)22(24)25)20(23)26-13-14-6-8-16(9-7-14)15-4-2-1-3-5-15/h1-12H,13H2. The Morgan fingerprint density at radius 1 is 0.962 bits per heavy atom. The summed E-state index contributed by atoms with van der Waals surface area (Å²) in [6.45, 7) is 0.0215. The summed E-state index contributed by atoms with van der Waals surface area (Å²) in [4.78, 5) is 22.6. The van der Waals surface area contributed by atoms with Gasteiger partial charge in [-0.1, -0.05) is 66.2 Å². The van der Waals surface area contributed by atoms with E-state index in [0.717, 1.165) is 22.8 Å². The summed E-state index contributed by atoms with van der Waals surface area (Å²) in [5.41, 5.74) is 2.43. The highest BCUT2D eigenvalue weighted by atomic mass is 35.5. The lowest BCUT2D eigenvalue weighted by Crippen LogP contribution is -2.08. The van der Waals surface area contributed by atoms with E-state index in [1.807, 2.05) is 54.6 Å². The number of halogens is 1. The van der Waals surface area contributed by atoms with Crippen molar-refractivity contribution in [3.8, 4) is 11.1 Å². The lowest BCUT2D eigenvalue weighted by atomic mass is 10.0. The van der Waals surface area contributed by atoms with Crippen molar-refractivity contribution in [1.29, 1.82) is 0 Å². The fourth-order valence-electron chi connectivity index (χ4n) is 2.48. The molecule has 0 spiro atoms. The van der Waals surface area contributed by atoms with Crippen molar-refractivity contribution >= 4 is 23.3 Å². The monoisotopic (exact) mass is 367 g/mol. The summed E-state index contributed by atoms with van der Waals surface area (Å²) >= 11 is 5.75. The van der Waals surface area contributed by atoms with Crippen LogP contribution in [0.25, 0.3) is 11.1 Å². The van der Waals surface area contributed by atoms with Gasteiger partial charge in [0.05, 0.1) is 4.92 Å². The van der Waals surface area contributed by atoms with Gasteiger partial charge < -0.3 is 4.74 Å². The van der Waals surface area contributed by atoms with Crippen molar-refractivity contribution in [1.82, 2.24) is 0 Å². The number of carbonyl (C=O) groups is 1. The third-order valence-corrected chi connectivity index (χ3v) is 4.04. The highest BCUT2D eigenvalue weighted by Gasteiger charge is 2.21. The molecule has 3 aromatic carbocycles. The molecule has 6 heteroatoms. The average Bonchev–Trinajstić information content (AvgIpc) is 2.67. The predicted molar refractivity (Wildman–Crippen MR) is 99.1 cm³/mol. The van der Waals surface area contributed by atoms with Crippen LogP contribution in [0.15, 0.2) is 72.8 Å². The zero-order valence-electron chi connectivity index (χ0n) is 13.6. The van der Waals surface area contributed by atoms with Gasteiger partial charge in [-0.25, -0.2) is 4.79 Å². The van der Waals surface area contributed by atoms with Crippen LogP contribution < -0.4 is 0 Å². The van der Waals surface area contributed by atoms with Crippen molar-refractivity contribution in [3.63, 3.8) is 0 Å². The van der Waals surface area contributed by atoms with Gasteiger partial charge >= 0.3 is 5.97 Å². The van der Waals surface area contributed by atoms with Crippen molar-refractivity contribution in [2.75, 3.05) is 0 Å². The molecule has 5 nitrogen and oxygen atoms in total. The average molecular weight is 368 g/mol. The number of benzene rings is 3. The maximum absolute atomic E-state index is 12.2. The maximum Gasteiger partial charge on any atom is 0.345 e. The minimum atomic E-state index is -0.763. The number of carbonyl (C=O) groups excluding carboxylic acids is 1. The summed E-state index contributed by atoms with van der Waals surface area (Å²) in [5.74, 6) is -0.763. The first-order valence-corrected chi connectivity index (χ1v) is 8.18. The SMILES string of the molecule is O=C(OCc1ccc(-c2ccccc2)cc1)c1ccc(Cl)cc1[N+](=O)[O-]. The Balaban J connectivity index is 1.70. The number of nitro groups is 1. The minimum Gasteiger partial charge on any atom is -0.457 e. The topological polar surface area (TPSA) is 69.4 Å². The van der Waals surface area contributed by atoms with E-state index in [1.54, 1.807) is 0 Å². The van der Waals surface area contributed by atoms with Gasteiger partial charge in [0.1, 0.15) is 12.2 Å². The molecule has 0 heterocycles. The van der Waals surface area contributed by atoms with Crippen LogP contribution in [0.3, 0.4) is 0 Å². The number of nitro benzene ring substituents is 1. The largest absolute Gasteiger partial charge is 0.457 e. The van der Waals surface area contributed by atoms with Gasteiger partial charge in [-0.15, -0.1) is 0 Å². The zero-order valence-corrected chi connectivity index (χ0v) is 14.3. The molecule has 0 saturated heterocycles. The van der Waals surface area contributed by atoms with Crippen LogP contribution in [-0.2, 0) is 11.3 Å². The zero-order chi connectivity index (χ0) is 18.5. The lowest BCUT2D eigenvalue weighted by Gasteiger charge is -2.07. The normalized spacial score (nSPS) is 10.3. The second-order valence-corrected chi connectivity index (χ2v) is 5.99. The second-order valence-electron chi connectivity index (χ2n) is 5.56. The fourth-order valence-corrected chi connectivity index (χ4v) is 2.65. The van der Waals surface area contributed by atoms with E-state index >= 15 is 0 Å². The molecule has 0 aromatic heterocycles. The van der Waals surface area contributed by atoms with Gasteiger partial charge in [0.2, 0.25) is 0 Å². The molecule has 0 radical (unpaired) electrons. The Bertz CT molecular complexity index is 940. The van der Waals surface area contributed by atoms with Gasteiger partial charge in [0, 0.05) is 11.1 Å². The van der Waals surface area contributed by atoms with E-state index in [9.17, 15) is 14.9 Å². The Morgan fingerprint density at radius 2 is 1.62 bits per heavy atom. The van der Waals surface area contributed by atoms with Crippen LogP contribution in [0.4, 0.5) is 5.69 Å². The van der Waals surface area contributed by atoms with Crippen molar-refractivity contribution < 1.29 is 14.5 Å². The molecular formula is C20H14ClNO4. The number of hydrogen-bond acceptors (Lipinski definition) is 4. The van der Waals surface area contributed by atoms with E-state index in [1.165, 1.54) is 12.1 Å². The summed E-state index contributed by atoms with van der Waals surface area (Å²) < 4.78 is 5.20. The van der Waals surface area contributed by atoms with E-state index in [-0.39, 0.29) is 22.9 Å². The number of hydrogen-bond donors (Lipinski definition) is 0. The Labute approximate surface area is 155 Å². The molecule has 0 atom stereocenters. The fraction of sp³-hybridized carbons (Fsp3) is 0.0500. The molecule has 0 aliphatic heterocycles. The molecule has 3 aromatic rings. The molecule has 3 rings (SSSR count). The molecule has 0 fully saturated rings. The molecule has 26 heavy (non-hydrogen) atoms. The molecule has 0 aliphatic rings. The third kappa shape index (κ3) is 4.07. The molecule has 0 N–H and O–H groups in total. The van der Waals surface area contributed by atoms with Crippen LogP contribution in [0.1, 0.15) is 15.9 Å². The molecule has 0 bridgehead atoms. The van der Waals surface area contributed by atoms with Gasteiger partial charge in [-0.05, 0) is 28.8 Å². The quantitative estimate of drug-likeness (QED) is 0.350. The van der Waals surface area contributed by atoms with Gasteiger partial charge in [-0.3, -0.25) is 10.1 Å². The van der Waals surface area contributed by atoms with E-state index in [2.05, 4.69) is 0 Å². The summed E-state index contributed by atoms with van der Waals surface area (Å²) in [6, 6.07) is 21.3. The predicted octanol–water partition coefficient (Wildman–Crippen LogP) is 5.27. The molecule has 0 unspecified atom stereocenters. The maximum atomic E-state index is 12.2. The Morgan fingerprint density at radius 3 is 2.27 bits per heavy atom. The molecule has 0 aliphatic carbocycles. The van der Waals surface area contributed by atoms with Crippen molar-refractivity contribution in [3.05, 3.63) is 99.1 Å². The molecule has 130 valence electrons. The number of ether oxygens (including phenoxy) is 1. The van der Waals surface area contributed by atoms with Crippen LogP contribution in [0, 0.1) is 10.1 Å². The number of esters is 1. The first-order chi connectivity index (χ1) is 12.5. The summed E-state index contributed by atoms with van der Waals surface area (Å²) in [7, 11) is 0. The first kappa shape index (κ1) is 17.6. The smallest absolute Gasteiger partial charge is 0.345 e. The van der Waals surface area contributed by atoms with Crippen LogP contribution >= 0.6 is 11.6 Å². The highest BCUT2D eigenvalue weighted by Crippen LogP contribution is 2.24. The Kier molecular flexibility index (Phi) is 5.29.